The Morgan fingerprint density at radius 1 is 1.14 bits per heavy atom. The Kier molecular flexibility index (Phi) is 2.30. The van der Waals surface area contributed by atoms with Crippen LogP contribution in [0.1, 0.15) is 5.56 Å². The Bertz CT molecular complexity index is 475. The Morgan fingerprint density at radius 2 is 1.64 bits per heavy atom. The van der Waals surface area contributed by atoms with Crippen LogP contribution in [-0.4, -0.2) is 28.3 Å². The van der Waals surface area contributed by atoms with Crippen LogP contribution in [0.2, 0.25) is 0 Å². The van der Waals surface area contributed by atoms with E-state index in [9.17, 15) is 8.42 Å². The predicted octanol–water partition coefficient (Wildman–Crippen LogP) is 0.359. The van der Waals surface area contributed by atoms with Crippen LogP contribution in [0.4, 0.5) is 0 Å². The second kappa shape index (κ2) is 3.03. The van der Waals surface area contributed by atoms with E-state index in [1.165, 1.54) is 6.92 Å². The van der Waals surface area contributed by atoms with Gasteiger partial charge in [-0.15, -0.1) is 0 Å². The van der Waals surface area contributed by atoms with Gasteiger partial charge in [0.15, 0.2) is 11.5 Å². The number of aryl methyl sites for hydroxylation is 1. The number of phenolic OH excluding ortho intramolecular Hbond substituents is 3. The van der Waals surface area contributed by atoms with Gasteiger partial charge in [-0.1, -0.05) is 0 Å². The molecular formula is C7H8O6S. The highest BCUT2D eigenvalue weighted by molar-refractivity contribution is 7.86. The van der Waals surface area contributed by atoms with Crippen molar-refractivity contribution in [3.63, 3.8) is 0 Å². The Balaban J connectivity index is 3.70. The van der Waals surface area contributed by atoms with E-state index in [4.69, 9.17) is 19.9 Å². The molecule has 0 saturated heterocycles. The van der Waals surface area contributed by atoms with E-state index in [1.807, 2.05) is 0 Å². The lowest BCUT2D eigenvalue weighted by atomic mass is 10.2. The molecule has 0 radical (unpaired) electrons. The summed E-state index contributed by atoms with van der Waals surface area (Å²) in [7, 11) is -4.62. The Labute approximate surface area is 79.8 Å². The lowest BCUT2D eigenvalue weighted by Crippen LogP contribution is -2.01. The third-order valence-corrected chi connectivity index (χ3v) is 2.68. The maximum Gasteiger partial charge on any atom is 0.298 e. The van der Waals surface area contributed by atoms with Crippen molar-refractivity contribution in [3.05, 3.63) is 11.6 Å². The van der Waals surface area contributed by atoms with Crippen LogP contribution in [0.5, 0.6) is 17.2 Å². The fourth-order valence-electron chi connectivity index (χ4n) is 1.08. The van der Waals surface area contributed by atoms with E-state index in [0.717, 1.165) is 6.07 Å². The lowest BCUT2D eigenvalue weighted by molar-refractivity contribution is 0.357. The molecule has 0 aliphatic rings. The van der Waals surface area contributed by atoms with Crippen LogP contribution in [0, 0.1) is 6.92 Å². The molecule has 78 valence electrons. The molecule has 1 aromatic rings. The van der Waals surface area contributed by atoms with Crippen LogP contribution in [0.15, 0.2) is 11.0 Å². The number of benzene rings is 1. The third kappa shape index (κ3) is 1.59. The number of hydrogen-bond donors (Lipinski definition) is 4. The summed E-state index contributed by atoms with van der Waals surface area (Å²) in [6, 6.07) is 0.915. The monoisotopic (exact) mass is 220 g/mol. The Hall–Kier alpha value is -1.47. The zero-order valence-electron chi connectivity index (χ0n) is 7.09. The summed E-state index contributed by atoms with van der Waals surface area (Å²) in [4.78, 5) is -0.812. The zero-order valence-corrected chi connectivity index (χ0v) is 7.91. The minimum Gasteiger partial charge on any atom is -0.504 e. The SMILES string of the molecule is Cc1cc(O)c(O)c(O)c1S(=O)(=O)O. The van der Waals surface area contributed by atoms with Crippen molar-refractivity contribution in [2.24, 2.45) is 0 Å². The molecule has 0 unspecified atom stereocenters. The maximum absolute atomic E-state index is 10.7. The van der Waals surface area contributed by atoms with Crippen LogP contribution in [-0.2, 0) is 10.1 Å². The maximum atomic E-state index is 10.7. The molecule has 0 heterocycles. The van der Waals surface area contributed by atoms with Crippen molar-refractivity contribution in [2.75, 3.05) is 0 Å². The Morgan fingerprint density at radius 3 is 2.07 bits per heavy atom. The molecule has 4 N–H and O–H groups in total. The van der Waals surface area contributed by atoms with E-state index in [2.05, 4.69) is 0 Å². The quantitative estimate of drug-likeness (QED) is 0.401. The molecule has 0 fully saturated rings. The average molecular weight is 220 g/mol. The molecule has 1 rings (SSSR count). The predicted molar refractivity (Wildman–Crippen MR) is 46.0 cm³/mol. The molecule has 0 aliphatic heterocycles. The first-order valence-corrected chi connectivity index (χ1v) is 4.91. The minimum absolute atomic E-state index is 0.0692. The van der Waals surface area contributed by atoms with Gasteiger partial charge in [-0.25, -0.2) is 0 Å². The van der Waals surface area contributed by atoms with Gasteiger partial charge < -0.3 is 15.3 Å². The number of phenols is 3. The van der Waals surface area contributed by atoms with E-state index in [-0.39, 0.29) is 5.56 Å². The lowest BCUT2D eigenvalue weighted by Gasteiger charge is -2.08. The first kappa shape index (κ1) is 10.6. The molecule has 0 aromatic heterocycles. The molecule has 6 nitrogen and oxygen atoms in total. The van der Waals surface area contributed by atoms with Gasteiger partial charge in [0, 0.05) is 0 Å². The van der Waals surface area contributed by atoms with Crippen LogP contribution in [0.3, 0.4) is 0 Å². The van der Waals surface area contributed by atoms with E-state index in [1.54, 1.807) is 0 Å². The normalized spacial score (nSPS) is 11.6. The van der Waals surface area contributed by atoms with Crippen molar-refractivity contribution in [1.29, 1.82) is 0 Å². The summed E-state index contributed by atoms with van der Waals surface area (Å²) in [5.74, 6) is -2.71. The second-order valence-electron chi connectivity index (χ2n) is 2.71. The molecule has 7 heteroatoms. The number of aromatic hydroxyl groups is 3. The summed E-state index contributed by atoms with van der Waals surface area (Å²) in [6.45, 7) is 1.25. The highest BCUT2D eigenvalue weighted by atomic mass is 32.2. The van der Waals surface area contributed by atoms with Crippen molar-refractivity contribution in [1.82, 2.24) is 0 Å². The van der Waals surface area contributed by atoms with Gasteiger partial charge in [0.05, 0.1) is 0 Å². The largest absolute Gasteiger partial charge is 0.504 e. The van der Waals surface area contributed by atoms with Crippen LogP contribution in [0.25, 0.3) is 0 Å². The van der Waals surface area contributed by atoms with Gasteiger partial charge in [-0.05, 0) is 18.6 Å². The average Bonchev–Trinajstić information content (AvgIpc) is 1.97. The molecule has 0 saturated carbocycles. The smallest absolute Gasteiger partial charge is 0.298 e. The second-order valence-corrected chi connectivity index (χ2v) is 4.07. The highest BCUT2D eigenvalue weighted by Crippen LogP contribution is 2.41. The molecule has 1 aromatic carbocycles. The van der Waals surface area contributed by atoms with E-state index < -0.39 is 32.3 Å². The van der Waals surface area contributed by atoms with Crippen molar-refractivity contribution in [3.8, 4) is 17.2 Å². The van der Waals surface area contributed by atoms with Gasteiger partial charge in [-0.3, -0.25) is 4.55 Å². The first-order chi connectivity index (χ1) is 6.25. The molecule has 0 bridgehead atoms. The van der Waals surface area contributed by atoms with E-state index >= 15 is 0 Å². The molecule has 0 amide bonds. The van der Waals surface area contributed by atoms with Crippen molar-refractivity contribution in [2.45, 2.75) is 11.8 Å². The number of rotatable bonds is 1. The van der Waals surface area contributed by atoms with Gasteiger partial charge in [-0.2, -0.15) is 8.42 Å². The fraction of sp³-hybridized carbons (Fsp3) is 0.143. The minimum atomic E-state index is -4.62. The van der Waals surface area contributed by atoms with Gasteiger partial charge in [0.2, 0.25) is 5.75 Å². The van der Waals surface area contributed by atoms with Gasteiger partial charge in [0.1, 0.15) is 4.90 Å². The van der Waals surface area contributed by atoms with Gasteiger partial charge >= 0.3 is 0 Å². The molecule has 0 atom stereocenters. The van der Waals surface area contributed by atoms with E-state index in [0.29, 0.717) is 0 Å². The summed E-state index contributed by atoms with van der Waals surface area (Å²) < 4.78 is 30.2. The standard InChI is InChI=1S/C7H8O6S/c1-3-2-4(8)5(9)6(10)7(3)14(11,12)13/h2,8-10H,1H3,(H,11,12,13). The summed E-state index contributed by atoms with van der Waals surface area (Å²) in [5.41, 5.74) is -0.0692. The van der Waals surface area contributed by atoms with Crippen LogP contribution >= 0.6 is 0 Å². The topological polar surface area (TPSA) is 115 Å². The summed E-state index contributed by atoms with van der Waals surface area (Å²) >= 11 is 0. The third-order valence-electron chi connectivity index (χ3n) is 1.65. The summed E-state index contributed by atoms with van der Waals surface area (Å²) in [5, 5.41) is 27.1. The van der Waals surface area contributed by atoms with Crippen molar-refractivity contribution < 1.29 is 28.3 Å². The van der Waals surface area contributed by atoms with Crippen molar-refractivity contribution >= 4 is 10.1 Å². The summed E-state index contributed by atoms with van der Waals surface area (Å²) in [6.07, 6.45) is 0. The molecule has 0 aliphatic carbocycles. The molecular weight excluding hydrogens is 212 g/mol. The zero-order chi connectivity index (χ0) is 11.1. The number of hydrogen-bond acceptors (Lipinski definition) is 5. The fourth-order valence-corrected chi connectivity index (χ4v) is 1.89. The molecule has 14 heavy (non-hydrogen) atoms. The van der Waals surface area contributed by atoms with Gasteiger partial charge in [0.25, 0.3) is 10.1 Å². The molecule has 0 spiro atoms. The highest BCUT2D eigenvalue weighted by Gasteiger charge is 2.23. The van der Waals surface area contributed by atoms with Crippen LogP contribution < -0.4 is 0 Å². The first-order valence-electron chi connectivity index (χ1n) is 3.47.